The molecule has 0 fully saturated rings. The number of aliphatic hydroxyl groups excluding tert-OH is 1. The largest absolute Gasteiger partial charge is 0.469 e. The van der Waals surface area contributed by atoms with Crippen LogP contribution >= 0.6 is 0 Å². The number of fused-ring (bicyclic) bond motifs is 4. The first-order valence-electron chi connectivity index (χ1n) is 16.0. The standard InChI is InChI=1S/C36H40N4O6/c1-7-21-17-44-32(37-21)27-30-36-22-10-8-9-11-24(22)38-34(36)45-26-13-12-19(15-23(26)36)14-20(16-25(41)28(42)18(2)3)31(43)40-29(35(4,5)6)33(39-27)46-30/h8-13,15,17-18,20,28-29,34,38,42H,7,14,16H2,1-6H3,(H,40,43)/t20?,28-,29+,34-,36?/m0/s1. The molecule has 0 saturated heterocycles. The van der Waals surface area contributed by atoms with Gasteiger partial charge < -0.3 is 29.3 Å². The Bertz CT molecular complexity index is 1830. The molecule has 0 saturated carbocycles. The number of nitrogens with one attached hydrogen (secondary N) is 2. The lowest BCUT2D eigenvalue weighted by Crippen LogP contribution is -2.42. The first-order valence-corrected chi connectivity index (χ1v) is 16.0. The van der Waals surface area contributed by atoms with Crippen LogP contribution in [0.3, 0.4) is 0 Å². The molecule has 2 aromatic carbocycles. The molecule has 240 valence electrons. The zero-order valence-electron chi connectivity index (χ0n) is 27.0. The van der Waals surface area contributed by atoms with Crippen molar-refractivity contribution >= 4 is 17.4 Å². The number of hydrogen-bond donors (Lipinski definition) is 3. The molecule has 0 radical (unpaired) electrons. The molecule has 0 aliphatic carbocycles. The van der Waals surface area contributed by atoms with Crippen LogP contribution in [0.25, 0.3) is 11.6 Å². The van der Waals surface area contributed by atoms with Crippen molar-refractivity contribution < 1.29 is 28.3 Å². The lowest BCUT2D eigenvalue weighted by atomic mass is 9.72. The highest BCUT2D eigenvalue weighted by atomic mass is 16.5. The van der Waals surface area contributed by atoms with E-state index in [9.17, 15) is 14.7 Å². The molecule has 1 spiro atoms. The minimum absolute atomic E-state index is 0.105. The molecule has 10 heteroatoms. The second kappa shape index (κ2) is 10.8. The normalized spacial score (nSPS) is 23.8. The van der Waals surface area contributed by atoms with E-state index in [1.54, 1.807) is 20.1 Å². The number of carbonyl (C=O) groups is 2. The Morgan fingerprint density at radius 3 is 2.61 bits per heavy atom. The minimum Gasteiger partial charge on any atom is -0.469 e. The number of ketones is 1. The summed E-state index contributed by atoms with van der Waals surface area (Å²) in [6.45, 7) is 11.6. The Kier molecular flexibility index (Phi) is 7.12. The molecule has 5 atom stereocenters. The van der Waals surface area contributed by atoms with Gasteiger partial charge in [-0.3, -0.25) is 9.59 Å². The number of amides is 1. The van der Waals surface area contributed by atoms with Crippen LogP contribution in [-0.2, 0) is 27.8 Å². The molecule has 5 heterocycles. The number of carbonyl (C=O) groups excluding carboxylic acids is 2. The lowest BCUT2D eigenvalue weighted by molar-refractivity contribution is -0.135. The number of benzene rings is 2. The summed E-state index contributed by atoms with van der Waals surface area (Å²) < 4.78 is 19.5. The van der Waals surface area contributed by atoms with E-state index < -0.39 is 35.1 Å². The number of aromatic nitrogens is 2. The van der Waals surface area contributed by atoms with Crippen LogP contribution in [0, 0.1) is 17.3 Å². The molecule has 2 aromatic heterocycles. The number of Topliss-reactive ketones (excluding diaryl/α,β-unsaturated/α-hetero) is 1. The Labute approximate surface area is 268 Å². The molecule has 46 heavy (non-hydrogen) atoms. The highest BCUT2D eigenvalue weighted by Crippen LogP contribution is 2.59. The van der Waals surface area contributed by atoms with Gasteiger partial charge in [0.1, 0.15) is 29.6 Å². The van der Waals surface area contributed by atoms with Crippen LogP contribution < -0.4 is 15.4 Å². The number of oxazole rings is 2. The van der Waals surface area contributed by atoms with E-state index in [1.165, 1.54) is 0 Å². The van der Waals surface area contributed by atoms with Gasteiger partial charge in [-0.15, -0.1) is 0 Å². The number of ether oxygens (including phenoxy) is 1. The predicted octanol–water partition coefficient (Wildman–Crippen LogP) is 5.72. The van der Waals surface area contributed by atoms with Crippen LogP contribution in [0.5, 0.6) is 5.75 Å². The Balaban J connectivity index is 1.49. The van der Waals surface area contributed by atoms with Gasteiger partial charge >= 0.3 is 0 Å². The first kappa shape index (κ1) is 30.2. The van der Waals surface area contributed by atoms with Crippen molar-refractivity contribution in [1.82, 2.24) is 15.3 Å². The van der Waals surface area contributed by atoms with Crippen LogP contribution in [0.1, 0.15) is 88.0 Å². The summed E-state index contributed by atoms with van der Waals surface area (Å²) in [4.78, 5) is 37.1. The average Bonchev–Trinajstić information content (AvgIpc) is 3.78. The van der Waals surface area contributed by atoms with Gasteiger partial charge in [0.05, 0.1) is 5.69 Å². The number of hydrogen-bond acceptors (Lipinski definition) is 9. The van der Waals surface area contributed by atoms with Crippen molar-refractivity contribution in [3.05, 3.63) is 82.8 Å². The molecule has 10 nitrogen and oxygen atoms in total. The third-order valence-electron chi connectivity index (χ3n) is 9.53. The zero-order valence-corrected chi connectivity index (χ0v) is 27.0. The second-order valence-electron chi connectivity index (χ2n) is 14.1. The fourth-order valence-corrected chi connectivity index (χ4v) is 6.99. The van der Waals surface area contributed by atoms with E-state index in [0.717, 1.165) is 28.1 Å². The molecule has 3 N–H and O–H groups in total. The summed E-state index contributed by atoms with van der Waals surface area (Å²) in [5.41, 5.74) is 3.31. The third kappa shape index (κ3) is 4.64. The predicted molar refractivity (Wildman–Crippen MR) is 170 cm³/mol. The monoisotopic (exact) mass is 624 g/mol. The van der Waals surface area contributed by atoms with Crippen LogP contribution in [0.4, 0.5) is 5.69 Å². The first-order chi connectivity index (χ1) is 21.9. The SMILES string of the molecule is CCc1coc(-c2nc3oc2C24c5ccccc5N[C@H]2Oc2ccc(cc24)CC(CC(=O)[C@@H](O)C(C)C)C(=O)N[C@H]3C(C)(C)C)n1. The number of aryl methyl sites for hydroxylation is 1. The fourth-order valence-electron chi connectivity index (χ4n) is 6.99. The summed E-state index contributed by atoms with van der Waals surface area (Å²) in [7, 11) is 0. The number of para-hydroxylation sites is 1. The Hall–Kier alpha value is -4.44. The molecule has 3 aliphatic rings. The number of nitrogens with zero attached hydrogens (tertiary/aromatic N) is 2. The van der Waals surface area contributed by atoms with Gasteiger partial charge in [-0.2, -0.15) is 0 Å². The molecular weight excluding hydrogens is 584 g/mol. The summed E-state index contributed by atoms with van der Waals surface area (Å²) in [6.07, 6.45) is 0.790. The zero-order chi connectivity index (χ0) is 32.5. The van der Waals surface area contributed by atoms with Crippen molar-refractivity contribution in [1.29, 1.82) is 0 Å². The van der Waals surface area contributed by atoms with E-state index in [2.05, 4.69) is 16.7 Å². The fraction of sp³-hybridized carbons (Fsp3) is 0.444. The van der Waals surface area contributed by atoms with Crippen molar-refractivity contribution in [2.24, 2.45) is 17.3 Å². The highest BCUT2D eigenvalue weighted by Gasteiger charge is 2.61. The lowest BCUT2D eigenvalue weighted by Gasteiger charge is -2.32. The van der Waals surface area contributed by atoms with Crippen LogP contribution in [-0.4, -0.2) is 39.1 Å². The topological polar surface area (TPSA) is 140 Å². The van der Waals surface area contributed by atoms with Gasteiger partial charge in [0.25, 0.3) is 0 Å². The summed E-state index contributed by atoms with van der Waals surface area (Å²) >= 11 is 0. The number of aliphatic hydroxyl groups is 1. The van der Waals surface area contributed by atoms with E-state index in [-0.39, 0.29) is 24.0 Å². The van der Waals surface area contributed by atoms with Gasteiger partial charge in [-0.1, -0.05) is 71.9 Å². The van der Waals surface area contributed by atoms with Crippen molar-refractivity contribution in [2.45, 2.75) is 84.6 Å². The van der Waals surface area contributed by atoms with Gasteiger partial charge in [-0.25, -0.2) is 9.97 Å². The van der Waals surface area contributed by atoms with Crippen LogP contribution in [0.2, 0.25) is 0 Å². The quantitative estimate of drug-likeness (QED) is 0.246. The van der Waals surface area contributed by atoms with Gasteiger partial charge in [-0.05, 0) is 47.4 Å². The molecule has 1 amide bonds. The van der Waals surface area contributed by atoms with Crippen molar-refractivity contribution in [2.75, 3.05) is 5.32 Å². The molecule has 4 aromatic rings. The maximum absolute atomic E-state index is 14.1. The summed E-state index contributed by atoms with van der Waals surface area (Å²) in [6, 6.07) is 13.3. The Morgan fingerprint density at radius 1 is 1.11 bits per heavy atom. The molecule has 3 aliphatic heterocycles. The highest BCUT2D eigenvalue weighted by molar-refractivity contribution is 5.89. The van der Waals surface area contributed by atoms with Gasteiger partial charge in [0.15, 0.2) is 23.5 Å². The number of anilines is 1. The Morgan fingerprint density at radius 2 is 1.89 bits per heavy atom. The van der Waals surface area contributed by atoms with Crippen LogP contribution in [0.15, 0.2) is 57.6 Å². The smallest absolute Gasteiger partial charge is 0.249 e. The number of rotatable bonds is 6. The second-order valence-corrected chi connectivity index (χ2v) is 14.1. The van der Waals surface area contributed by atoms with Gasteiger partial charge in [0, 0.05) is 23.6 Å². The molecular formula is C36H40N4O6. The van der Waals surface area contributed by atoms with E-state index >= 15 is 0 Å². The van der Waals surface area contributed by atoms with Gasteiger partial charge in [0.2, 0.25) is 17.7 Å². The summed E-state index contributed by atoms with van der Waals surface area (Å²) in [5.74, 6) is 0.147. The molecule has 2 unspecified atom stereocenters. The molecule has 7 rings (SSSR count). The van der Waals surface area contributed by atoms with E-state index in [4.69, 9.17) is 23.5 Å². The summed E-state index contributed by atoms with van der Waals surface area (Å²) in [5, 5.41) is 17.4. The van der Waals surface area contributed by atoms with E-state index in [0.29, 0.717) is 41.8 Å². The third-order valence-corrected chi connectivity index (χ3v) is 9.53. The molecule has 4 bridgehead atoms. The minimum atomic E-state index is -1.16. The van der Waals surface area contributed by atoms with E-state index in [1.807, 2.05) is 64.1 Å². The maximum Gasteiger partial charge on any atom is 0.249 e. The average molecular weight is 625 g/mol. The maximum atomic E-state index is 14.1. The van der Waals surface area contributed by atoms with Crippen molar-refractivity contribution in [3.63, 3.8) is 0 Å². The van der Waals surface area contributed by atoms with Crippen molar-refractivity contribution in [3.8, 4) is 17.3 Å².